The number of aromatic amines is 2. The largest absolute Gasteiger partial charge is 0.487 e. The van der Waals surface area contributed by atoms with E-state index in [9.17, 15) is 0 Å². The summed E-state index contributed by atoms with van der Waals surface area (Å²) in [6.07, 6.45) is 3.44. The molecule has 4 aromatic heterocycles. The summed E-state index contributed by atoms with van der Waals surface area (Å²) in [7, 11) is 0. The van der Waals surface area contributed by atoms with Crippen molar-refractivity contribution in [1.29, 1.82) is 0 Å². The summed E-state index contributed by atoms with van der Waals surface area (Å²) in [5.41, 5.74) is 4.60. The second-order valence-corrected chi connectivity index (χ2v) is 12.0. The fourth-order valence-corrected chi connectivity index (χ4v) is 5.51. The number of halogens is 2. The Bertz CT molecular complexity index is 1840. The van der Waals surface area contributed by atoms with Crippen molar-refractivity contribution in [2.45, 2.75) is 0 Å². The van der Waals surface area contributed by atoms with Gasteiger partial charge < -0.3 is 38.4 Å². The van der Waals surface area contributed by atoms with Crippen molar-refractivity contribution in [2.75, 3.05) is 52.9 Å². The molecule has 0 aliphatic carbocycles. The number of rotatable bonds is 2. The second-order valence-electron chi connectivity index (χ2n) is 10.2. The molecule has 0 amide bonds. The Hall–Kier alpha value is -4.24. The molecule has 5 heterocycles. The number of nitrogens with one attached hydrogen (secondary N) is 2. The fraction of sp³-hybridized carbons (Fsp3) is 0.250. The maximum absolute atomic E-state index is 6.11. The number of benzene rings is 2. The van der Waals surface area contributed by atoms with Crippen molar-refractivity contribution in [3.05, 3.63) is 69.9 Å². The van der Waals surface area contributed by atoms with E-state index in [-0.39, 0.29) is 0 Å². The second kappa shape index (κ2) is 14.0. The van der Waals surface area contributed by atoms with Crippen LogP contribution in [0.5, 0.6) is 23.0 Å². The van der Waals surface area contributed by atoms with Crippen LogP contribution < -0.4 is 18.9 Å². The Kier molecular flexibility index (Phi) is 9.28. The summed E-state index contributed by atoms with van der Waals surface area (Å²) in [5, 5.41) is 0. The van der Waals surface area contributed by atoms with Crippen molar-refractivity contribution < 1.29 is 28.4 Å². The predicted molar refractivity (Wildman–Crippen MR) is 178 cm³/mol. The number of ether oxygens (including phenoxy) is 6. The third-order valence-electron chi connectivity index (χ3n) is 6.98. The smallest absolute Gasteiger partial charge is 0.178 e. The van der Waals surface area contributed by atoms with Crippen LogP contribution in [0.25, 0.3) is 45.1 Å². The third kappa shape index (κ3) is 7.09. The zero-order valence-electron chi connectivity index (χ0n) is 24.4. The first kappa shape index (κ1) is 30.4. The maximum atomic E-state index is 6.11. The lowest BCUT2D eigenvalue weighted by atomic mass is 10.2. The Morgan fingerprint density at radius 2 is 0.913 bits per heavy atom. The molecule has 0 fully saturated rings. The zero-order chi connectivity index (χ0) is 31.3. The van der Waals surface area contributed by atoms with E-state index in [4.69, 9.17) is 28.4 Å². The molecule has 2 N–H and O–H groups in total. The molecule has 0 unspecified atom stereocenters. The summed E-state index contributed by atoms with van der Waals surface area (Å²) in [6, 6.07) is 15.2. The van der Waals surface area contributed by atoms with Crippen molar-refractivity contribution in [1.82, 2.24) is 29.9 Å². The third-order valence-corrected chi connectivity index (χ3v) is 7.85. The van der Waals surface area contributed by atoms with Gasteiger partial charge in [0, 0.05) is 32.5 Å². The first-order valence-corrected chi connectivity index (χ1v) is 16.2. The molecule has 1 aliphatic heterocycles. The molecule has 0 saturated heterocycles. The fourth-order valence-electron chi connectivity index (χ4n) is 4.84. The minimum absolute atomic E-state index is 0.311. The Morgan fingerprint density at radius 3 is 1.35 bits per heavy atom. The van der Waals surface area contributed by atoms with Crippen molar-refractivity contribution >= 4 is 54.2 Å². The number of nitrogens with zero attached hydrogens (tertiary/aromatic N) is 4. The molecular formula is C32H28Br2N6O6. The van der Waals surface area contributed by atoms with Crippen LogP contribution in [0.15, 0.2) is 69.9 Å². The number of hydrogen-bond donors (Lipinski definition) is 2. The van der Waals surface area contributed by atoms with Crippen LogP contribution in [0.4, 0.5) is 0 Å². The lowest BCUT2D eigenvalue weighted by molar-refractivity contribution is 0.0640. The van der Waals surface area contributed by atoms with Gasteiger partial charge in [0.05, 0.1) is 37.5 Å². The van der Waals surface area contributed by atoms with Gasteiger partial charge in [-0.05, 0) is 80.4 Å². The van der Waals surface area contributed by atoms with Crippen LogP contribution in [0.1, 0.15) is 0 Å². The van der Waals surface area contributed by atoms with E-state index in [0.29, 0.717) is 98.8 Å². The molecule has 0 saturated carbocycles. The highest BCUT2D eigenvalue weighted by Crippen LogP contribution is 2.34. The van der Waals surface area contributed by atoms with Crippen LogP contribution in [0.3, 0.4) is 0 Å². The van der Waals surface area contributed by atoms with E-state index >= 15 is 0 Å². The first-order valence-electron chi connectivity index (χ1n) is 14.6. The van der Waals surface area contributed by atoms with Crippen molar-refractivity contribution in [3.8, 4) is 45.8 Å². The Labute approximate surface area is 280 Å². The Morgan fingerprint density at radius 1 is 0.500 bits per heavy atom. The molecule has 6 aromatic rings. The van der Waals surface area contributed by atoms with Crippen LogP contribution in [-0.4, -0.2) is 82.8 Å². The molecular weight excluding hydrogens is 724 g/mol. The standard InChI is InChI=1S/C32H28Br2N6O6/c33-21-15-23-31(35-17-21)39-29(37-23)19-1-3-25-27(13-19)45-11-7-42-8-12-46-28-14-20(2-4-26(28)44-10-6-41-5-9-43-25)30-38-24-16-22(34)18-36-32(24)40-30/h1-4,13-18H,5-12H2,(H,35,37,39)(H,36,38,40). The van der Waals surface area contributed by atoms with Crippen molar-refractivity contribution in [3.63, 3.8) is 0 Å². The predicted octanol–water partition coefficient (Wildman–Crippen LogP) is 6.35. The molecule has 0 atom stereocenters. The minimum atomic E-state index is 0.311. The Balaban J connectivity index is 1.03. The lowest BCUT2D eigenvalue weighted by Gasteiger charge is -2.16. The summed E-state index contributed by atoms with van der Waals surface area (Å²) in [6.45, 7) is 2.73. The lowest BCUT2D eigenvalue weighted by Crippen LogP contribution is -2.15. The van der Waals surface area contributed by atoms with E-state index in [2.05, 4.69) is 61.8 Å². The van der Waals surface area contributed by atoms with E-state index in [1.54, 1.807) is 12.4 Å². The van der Waals surface area contributed by atoms with Gasteiger partial charge in [0.15, 0.2) is 34.3 Å². The number of imidazole rings is 2. The van der Waals surface area contributed by atoms with Gasteiger partial charge in [-0.3, -0.25) is 0 Å². The molecule has 1 aliphatic rings. The van der Waals surface area contributed by atoms with Gasteiger partial charge in [0.1, 0.15) is 38.1 Å². The SMILES string of the molecule is Brc1cnc2nc(-c3ccc4c(c3)OCCOCCOc3cc(-c5nc6ncc(Br)cc6[nH]5)ccc3OCCOCCO4)[nH]c2c1. The summed E-state index contributed by atoms with van der Waals surface area (Å²) in [5.74, 6) is 3.70. The van der Waals surface area contributed by atoms with Gasteiger partial charge in [0.25, 0.3) is 0 Å². The average molecular weight is 752 g/mol. The topological polar surface area (TPSA) is 139 Å². The number of pyridine rings is 2. The summed E-state index contributed by atoms with van der Waals surface area (Å²) in [4.78, 5) is 24.6. The van der Waals surface area contributed by atoms with Crippen LogP contribution >= 0.6 is 31.9 Å². The van der Waals surface area contributed by atoms with Gasteiger partial charge in [-0.15, -0.1) is 0 Å². The number of H-pyrrole nitrogens is 2. The molecule has 12 nitrogen and oxygen atoms in total. The van der Waals surface area contributed by atoms with Gasteiger partial charge in [0.2, 0.25) is 0 Å². The average Bonchev–Trinajstić information content (AvgIpc) is 3.68. The summed E-state index contributed by atoms with van der Waals surface area (Å²) < 4.78 is 37.6. The molecule has 236 valence electrons. The van der Waals surface area contributed by atoms with Crippen LogP contribution in [-0.2, 0) is 9.47 Å². The molecule has 0 radical (unpaired) electrons. The normalized spacial score (nSPS) is 15.0. The van der Waals surface area contributed by atoms with Gasteiger partial charge >= 0.3 is 0 Å². The van der Waals surface area contributed by atoms with Crippen LogP contribution in [0, 0.1) is 0 Å². The summed E-state index contributed by atoms with van der Waals surface area (Å²) >= 11 is 6.91. The number of aromatic nitrogens is 6. The molecule has 2 aromatic carbocycles. The van der Waals surface area contributed by atoms with Gasteiger partial charge in [-0.25, -0.2) is 19.9 Å². The zero-order valence-corrected chi connectivity index (χ0v) is 27.6. The van der Waals surface area contributed by atoms with E-state index < -0.39 is 0 Å². The van der Waals surface area contributed by atoms with E-state index in [0.717, 1.165) is 31.1 Å². The quantitative estimate of drug-likeness (QED) is 0.206. The molecule has 0 bridgehead atoms. The minimum Gasteiger partial charge on any atom is -0.487 e. The van der Waals surface area contributed by atoms with Crippen LogP contribution in [0.2, 0.25) is 0 Å². The highest BCUT2D eigenvalue weighted by atomic mass is 79.9. The monoisotopic (exact) mass is 750 g/mol. The van der Waals surface area contributed by atoms with E-state index in [1.165, 1.54) is 0 Å². The number of fused-ring (bicyclic) bond motifs is 4. The highest BCUT2D eigenvalue weighted by Gasteiger charge is 2.15. The molecule has 7 rings (SSSR count). The maximum Gasteiger partial charge on any atom is 0.178 e. The molecule has 0 spiro atoms. The van der Waals surface area contributed by atoms with E-state index in [1.807, 2.05) is 48.5 Å². The van der Waals surface area contributed by atoms with Gasteiger partial charge in [-0.1, -0.05) is 0 Å². The van der Waals surface area contributed by atoms with Gasteiger partial charge in [-0.2, -0.15) is 0 Å². The molecule has 14 heteroatoms. The molecule has 46 heavy (non-hydrogen) atoms. The first-order chi connectivity index (χ1) is 22.6. The number of hydrogen-bond acceptors (Lipinski definition) is 10. The highest BCUT2D eigenvalue weighted by molar-refractivity contribution is 9.10. The van der Waals surface area contributed by atoms with Crippen molar-refractivity contribution in [2.24, 2.45) is 0 Å².